The van der Waals surface area contributed by atoms with Gasteiger partial charge in [-0.15, -0.1) is 0 Å². The van der Waals surface area contributed by atoms with Gasteiger partial charge in [-0.3, -0.25) is 19.1 Å². The van der Waals surface area contributed by atoms with Crippen molar-refractivity contribution in [3.63, 3.8) is 0 Å². The number of aromatic nitrogens is 2. The lowest BCUT2D eigenvalue weighted by molar-refractivity contribution is -0.133. The van der Waals surface area contributed by atoms with Gasteiger partial charge in [-0.1, -0.05) is 24.3 Å². The zero-order chi connectivity index (χ0) is 24.2. The largest absolute Gasteiger partial charge is 0.497 e. The average Bonchev–Trinajstić information content (AvgIpc) is 3.30. The van der Waals surface area contributed by atoms with E-state index in [9.17, 15) is 14.4 Å². The molecule has 0 unspecified atom stereocenters. The second-order valence-electron chi connectivity index (χ2n) is 8.13. The van der Waals surface area contributed by atoms with E-state index in [4.69, 9.17) is 4.74 Å². The quantitative estimate of drug-likeness (QED) is 0.630. The molecule has 0 saturated carbocycles. The SMILES string of the molecule is COc1ccc([C@H]2CN(C(=O)c3ccccc3NC(=O)c3ccn(C)n3)CCN2C(C)=O)cc1. The van der Waals surface area contributed by atoms with E-state index < -0.39 is 5.91 Å². The van der Waals surface area contributed by atoms with Gasteiger partial charge in [0, 0.05) is 39.8 Å². The van der Waals surface area contributed by atoms with Gasteiger partial charge in [0.25, 0.3) is 11.8 Å². The van der Waals surface area contributed by atoms with Crippen molar-refractivity contribution in [1.82, 2.24) is 19.6 Å². The summed E-state index contributed by atoms with van der Waals surface area (Å²) in [5.41, 5.74) is 1.99. The number of hydrogen-bond donors (Lipinski definition) is 1. The van der Waals surface area contributed by atoms with E-state index in [0.717, 1.165) is 11.3 Å². The van der Waals surface area contributed by atoms with Gasteiger partial charge in [-0.05, 0) is 35.9 Å². The highest BCUT2D eigenvalue weighted by atomic mass is 16.5. The van der Waals surface area contributed by atoms with Gasteiger partial charge < -0.3 is 19.9 Å². The summed E-state index contributed by atoms with van der Waals surface area (Å²) in [7, 11) is 3.33. The molecule has 34 heavy (non-hydrogen) atoms. The molecule has 176 valence electrons. The zero-order valence-corrected chi connectivity index (χ0v) is 19.4. The Balaban J connectivity index is 1.56. The summed E-state index contributed by atoms with van der Waals surface area (Å²) in [6.07, 6.45) is 1.68. The number of methoxy groups -OCH3 is 1. The lowest BCUT2D eigenvalue weighted by Gasteiger charge is -2.41. The number of carbonyl (C=O) groups excluding carboxylic acids is 3. The predicted octanol–water partition coefficient (Wildman–Crippen LogP) is 2.73. The molecule has 9 heteroatoms. The number of carbonyl (C=O) groups is 3. The molecule has 1 aromatic heterocycles. The second kappa shape index (κ2) is 9.78. The molecule has 0 bridgehead atoms. The first-order valence-electron chi connectivity index (χ1n) is 11.0. The summed E-state index contributed by atoms with van der Waals surface area (Å²) < 4.78 is 6.78. The van der Waals surface area contributed by atoms with Crippen molar-refractivity contribution in [1.29, 1.82) is 0 Å². The minimum Gasteiger partial charge on any atom is -0.497 e. The Morgan fingerprint density at radius 3 is 2.41 bits per heavy atom. The molecule has 1 aliphatic heterocycles. The Morgan fingerprint density at radius 1 is 1.03 bits per heavy atom. The normalized spacial score (nSPS) is 15.7. The van der Waals surface area contributed by atoms with Crippen LogP contribution in [0.25, 0.3) is 0 Å². The zero-order valence-electron chi connectivity index (χ0n) is 19.4. The minimum atomic E-state index is -0.390. The van der Waals surface area contributed by atoms with E-state index in [-0.39, 0.29) is 23.6 Å². The molecule has 2 aromatic carbocycles. The molecule has 3 aromatic rings. The lowest BCUT2D eigenvalue weighted by atomic mass is 10.0. The van der Waals surface area contributed by atoms with Gasteiger partial charge in [0.2, 0.25) is 5.91 Å². The molecule has 1 N–H and O–H groups in total. The topological polar surface area (TPSA) is 96.8 Å². The van der Waals surface area contributed by atoms with Crippen LogP contribution in [-0.2, 0) is 11.8 Å². The second-order valence-corrected chi connectivity index (χ2v) is 8.13. The molecule has 3 amide bonds. The lowest BCUT2D eigenvalue weighted by Crippen LogP contribution is -2.51. The van der Waals surface area contributed by atoms with Crippen LogP contribution >= 0.6 is 0 Å². The number of ether oxygens (including phenoxy) is 1. The van der Waals surface area contributed by atoms with E-state index >= 15 is 0 Å². The van der Waals surface area contributed by atoms with E-state index in [1.54, 1.807) is 65.2 Å². The number of nitrogens with zero attached hydrogens (tertiary/aromatic N) is 4. The van der Waals surface area contributed by atoms with Crippen molar-refractivity contribution in [2.24, 2.45) is 7.05 Å². The molecule has 0 aliphatic carbocycles. The fourth-order valence-corrected chi connectivity index (χ4v) is 4.13. The number of anilines is 1. The molecular formula is C25H27N5O4. The van der Waals surface area contributed by atoms with Crippen LogP contribution in [0.3, 0.4) is 0 Å². The van der Waals surface area contributed by atoms with Crippen LogP contribution < -0.4 is 10.1 Å². The summed E-state index contributed by atoms with van der Waals surface area (Å²) in [6.45, 7) is 2.69. The van der Waals surface area contributed by atoms with E-state index in [2.05, 4.69) is 10.4 Å². The van der Waals surface area contributed by atoms with Crippen LogP contribution in [0.2, 0.25) is 0 Å². The molecule has 1 fully saturated rings. The molecule has 1 aliphatic rings. The molecule has 0 spiro atoms. The number of rotatable bonds is 5. The highest BCUT2D eigenvalue weighted by Gasteiger charge is 2.33. The van der Waals surface area contributed by atoms with Crippen LogP contribution in [0.1, 0.15) is 39.4 Å². The maximum atomic E-state index is 13.5. The van der Waals surface area contributed by atoms with Gasteiger partial charge in [0.15, 0.2) is 5.69 Å². The van der Waals surface area contributed by atoms with Crippen molar-refractivity contribution in [2.75, 3.05) is 32.1 Å². The van der Waals surface area contributed by atoms with Gasteiger partial charge in [0.05, 0.1) is 24.4 Å². The summed E-state index contributed by atoms with van der Waals surface area (Å²) >= 11 is 0. The van der Waals surface area contributed by atoms with Crippen molar-refractivity contribution in [3.8, 4) is 5.75 Å². The average molecular weight is 462 g/mol. The minimum absolute atomic E-state index is 0.0454. The number of benzene rings is 2. The monoisotopic (exact) mass is 461 g/mol. The smallest absolute Gasteiger partial charge is 0.276 e. The number of para-hydroxylation sites is 1. The standard InChI is InChI=1S/C25H27N5O4/c1-17(31)30-15-14-29(16-23(30)18-8-10-19(34-3)11-9-18)25(33)20-6-4-5-7-21(20)26-24(32)22-12-13-28(2)27-22/h4-13,23H,14-16H2,1-3H3,(H,26,32)/t23-/m1/s1. The Labute approximate surface area is 197 Å². The maximum absolute atomic E-state index is 13.5. The van der Waals surface area contributed by atoms with Crippen LogP contribution in [0.4, 0.5) is 5.69 Å². The van der Waals surface area contributed by atoms with Crippen molar-refractivity contribution >= 4 is 23.4 Å². The van der Waals surface area contributed by atoms with Crippen LogP contribution in [0.15, 0.2) is 60.8 Å². The molecule has 9 nitrogen and oxygen atoms in total. The van der Waals surface area contributed by atoms with Gasteiger partial charge in [-0.2, -0.15) is 5.10 Å². The van der Waals surface area contributed by atoms with Gasteiger partial charge in [-0.25, -0.2) is 0 Å². The number of hydrogen-bond acceptors (Lipinski definition) is 5. The first-order valence-corrected chi connectivity index (χ1v) is 11.0. The Bertz CT molecular complexity index is 1200. The molecule has 1 atom stereocenters. The number of aryl methyl sites for hydroxylation is 1. The predicted molar refractivity (Wildman–Crippen MR) is 127 cm³/mol. The number of amides is 3. The third-order valence-corrected chi connectivity index (χ3v) is 5.92. The summed E-state index contributed by atoms with van der Waals surface area (Å²) in [5.74, 6) is 0.0763. The fourth-order valence-electron chi connectivity index (χ4n) is 4.13. The highest BCUT2D eigenvalue weighted by Crippen LogP contribution is 2.29. The van der Waals surface area contributed by atoms with Crippen molar-refractivity contribution in [2.45, 2.75) is 13.0 Å². The maximum Gasteiger partial charge on any atom is 0.276 e. The van der Waals surface area contributed by atoms with Gasteiger partial charge >= 0.3 is 0 Å². The van der Waals surface area contributed by atoms with E-state index in [1.165, 1.54) is 6.92 Å². The third kappa shape index (κ3) is 4.78. The van der Waals surface area contributed by atoms with Crippen molar-refractivity contribution < 1.29 is 19.1 Å². The molecular weight excluding hydrogens is 434 g/mol. The van der Waals surface area contributed by atoms with E-state index in [0.29, 0.717) is 30.9 Å². The third-order valence-electron chi connectivity index (χ3n) is 5.92. The Morgan fingerprint density at radius 2 is 1.76 bits per heavy atom. The first-order chi connectivity index (χ1) is 16.4. The Kier molecular flexibility index (Phi) is 6.62. The number of nitrogens with one attached hydrogen (secondary N) is 1. The summed E-state index contributed by atoms with van der Waals surface area (Å²) in [5, 5.41) is 6.92. The molecule has 0 radical (unpaired) electrons. The van der Waals surface area contributed by atoms with Crippen LogP contribution in [0.5, 0.6) is 5.75 Å². The van der Waals surface area contributed by atoms with Crippen LogP contribution in [0, 0.1) is 0 Å². The fraction of sp³-hybridized carbons (Fsp3) is 0.280. The Hall–Kier alpha value is -4.14. The highest BCUT2D eigenvalue weighted by molar-refractivity contribution is 6.08. The first kappa shape index (κ1) is 23.0. The molecule has 2 heterocycles. The van der Waals surface area contributed by atoms with E-state index in [1.807, 2.05) is 24.3 Å². The van der Waals surface area contributed by atoms with Gasteiger partial charge in [0.1, 0.15) is 5.75 Å². The summed E-state index contributed by atoms with van der Waals surface area (Å²) in [4.78, 5) is 42.0. The summed E-state index contributed by atoms with van der Waals surface area (Å²) in [6, 6.07) is 15.7. The molecule has 1 saturated heterocycles. The van der Waals surface area contributed by atoms with Crippen LogP contribution in [-0.4, -0.2) is 64.0 Å². The number of piperazine rings is 1. The molecule has 4 rings (SSSR count). The van der Waals surface area contributed by atoms with Crippen molar-refractivity contribution in [3.05, 3.63) is 77.6 Å².